The van der Waals surface area contributed by atoms with Crippen LogP contribution < -0.4 is 10.6 Å². The Morgan fingerprint density at radius 3 is 2.52 bits per heavy atom. The summed E-state index contributed by atoms with van der Waals surface area (Å²) in [5.74, 6) is 0.635. The molecule has 1 heterocycles. The number of nitrogens with one attached hydrogen (secondary N) is 2. The van der Waals surface area contributed by atoms with E-state index in [2.05, 4.69) is 17.6 Å². The Morgan fingerprint density at radius 2 is 1.96 bits per heavy atom. The van der Waals surface area contributed by atoms with Crippen LogP contribution in [0.2, 0.25) is 0 Å². The lowest BCUT2D eigenvalue weighted by molar-refractivity contribution is -0.132. The van der Waals surface area contributed by atoms with Crippen molar-refractivity contribution in [1.82, 2.24) is 15.5 Å². The normalized spacial score (nSPS) is 21.1. The van der Waals surface area contributed by atoms with E-state index in [-0.39, 0.29) is 11.8 Å². The number of piperidine rings is 1. The molecule has 1 aromatic rings. The first-order chi connectivity index (χ1) is 11.0. The maximum absolute atomic E-state index is 11.8. The lowest BCUT2D eigenvalue weighted by Gasteiger charge is -2.37. The summed E-state index contributed by atoms with van der Waals surface area (Å²) >= 11 is 0. The van der Waals surface area contributed by atoms with Crippen LogP contribution in [0.3, 0.4) is 0 Å². The largest absolute Gasteiger partial charge is 0.355 e. The van der Waals surface area contributed by atoms with Crippen LogP contribution in [0.1, 0.15) is 42.6 Å². The summed E-state index contributed by atoms with van der Waals surface area (Å²) in [5, 5.41) is 6.21. The number of likely N-dealkylation sites (tertiary alicyclic amines) is 1. The van der Waals surface area contributed by atoms with E-state index in [1.165, 1.54) is 0 Å². The molecule has 1 fully saturated rings. The molecule has 0 spiro atoms. The van der Waals surface area contributed by atoms with Crippen molar-refractivity contribution in [1.29, 1.82) is 0 Å². The van der Waals surface area contributed by atoms with Crippen molar-refractivity contribution in [2.24, 2.45) is 5.92 Å². The van der Waals surface area contributed by atoms with Gasteiger partial charge in [0.15, 0.2) is 0 Å². The minimum atomic E-state index is -0.0638. The molecule has 0 bridgehead atoms. The molecule has 1 aliphatic heterocycles. The number of rotatable bonds is 5. The summed E-state index contributed by atoms with van der Waals surface area (Å²) in [6.45, 7) is 6.57. The molecule has 126 valence electrons. The molecular weight excluding hydrogens is 290 g/mol. The Balaban J connectivity index is 1.84. The fourth-order valence-electron chi connectivity index (χ4n) is 3.07. The average Bonchev–Trinajstić information content (AvgIpc) is 2.59. The lowest BCUT2D eigenvalue weighted by Crippen LogP contribution is -2.49. The quantitative estimate of drug-likeness (QED) is 0.870. The van der Waals surface area contributed by atoms with Gasteiger partial charge in [-0.1, -0.05) is 26.0 Å². The van der Waals surface area contributed by atoms with Gasteiger partial charge in [0.05, 0.1) is 0 Å². The Hall–Kier alpha value is -1.88. The Bertz CT molecular complexity index is 542. The summed E-state index contributed by atoms with van der Waals surface area (Å²) < 4.78 is 0. The minimum Gasteiger partial charge on any atom is -0.355 e. The molecule has 23 heavy (non-hydrogen) atoms. The lowest BCUT2D eigenvalue weighted by atomic mass is 9.93. The third kappa shape index (κ3) is 4.55. The van der Waals surface area contributed by atoms with Gasteiger partial charge in [0.25, 0.3) is 5.91 Å². The first-order valence-electron chi connectivity index (χ1n) is 8.37. The van der Waals surface area contributed by atoms with Crippen molar-refractivity contribution in [2.45, 2.75) is 39.3 Å². The maximum Gasteiger partial charge on any atom is 0.251 e. The molecule has 1 aromatic carbocycles. The zero-order valence-corrected chi connectivity index (χ0v) is 14.3. The number of carbonyl (C=O) groups excluding carboxylic acids is 2. The molecular formula is C18H27N3O2. The van der Waals surface area contributed by atoms with E-state index < -0.39 is 0 Å². The first kappa shape index (κ1) is 17.5. The SMILES string of the molecule is CCC(=O)N1CC[C@@H](NCc2ccc(C(=O)NC)cc2)[C@@H](C)C1. The molecule has 0 radical (unpaired) electrons. The van der Waals surface area contributed by atoms with Crippen molar-refractivity contribution in [3.8, 4) is 0 Å². The minimum absolute atomic E-state index is 0.0638. The topological polar surface area (TPSA) is 61.4 Å². The van der Waals surface area contributed by atoms with Gasteiger partial charge >= 0.3 is 0 Å². The molecule has 2 rings (SSSR count). The fraction of sp³-hybridized carbons (Fsp3) is 0.556. The van der Waals surface area contributed by atoms with Crippen LogP contribution in [0.15, 0.2) is 24.3 Å². The van der Waals surface area contributed by atoms with Crippen LogP contribution in [-0.4, -0.2) is 42.9 Å². The van der Waals surface area contributed by atoms with Crippen LogP contribution in [0.5, 0.6) is 0 Å². The maximum atomic E-state index is 11.8. The third-order valence-corrected chi connectivity index (χ3v) is 4.57. The number of hydrogen-bond donors (Lipinski definition) is 2. The van der Waals surface area contributed by atoms with E-state index in [1.54, 1.807) is 7.05 Å². The van der Waals surface area contributed by atoms with Crippen LogP contribution >= 0.6 is 0 Å². The molecule has 2 N–H and O–H groups in total. The van der Waals surface area contributed by atoms with Crippen molar-refractivity contribution in [2.75, 3.05) is 20.1 Å². The molecule has 0 aromatic heterocycles. The number of nitrogens with zero attached hydrogens (tertiary/aromatic N) is 1. The van der Waals surface area contributed by atoms with E-state index in [4.69, 9.17) is 0 Å². The van der Waals surface area contributed by atoms with Gasteiger partial charge in [-0.05, 0) is 30.0 Å². The highest BCUT2D eigenvalue weighted by atomic mass is 16.2. The first-order valence-corrected chi connectivity index (χ1v) is 8.37. The molecule has 0 saturated carbocycles. The number of benzene rings is 1. The average molecular weight is 317 g/mol. The zero-order chi connectivity index (χ0) is 16.8. The summed E-state index contributed by atoms with van der Waals surface area (Å²) in [6, 6.07) is 8.09. The predicted molar refractivity (Wildman–Crippen MR) is 91.1 cm³/mol. The van der Waals surface area contributed by atoms with Gasteiger partial charge in [-0.3, -0.25) is 9.59 Å². The smallest absolute Gasteiger partial charge is 0.251 e. The Kier molecular flexibility index (Phi) is 6.16. The Labute approximate surface area is 138 Å². The molecule has 0 unspecified atom stereocenters. The Morgan fingerprint density at radius 1 is 1.26 bits per heavy atom. The van der Waals surface area contributed by atoms with Gasteiger partial charge in [0, 0.05) is 44.7 Å². The second-order valence-electron chi connectivity index (χ2n) is 6.22. The molecule has 0 aliphatic carbocycles. The molecule has 5 nitrogen and oxygen atoms in total. The standard InChI is InChI=1S/C18H27N3O2/c1-4-17(22)21-10-9-16(13(2)12-21)20-11-14-5-7-15(8-6-14)18(23)19-3/h5-8,13,16,20H,4,9-12H2,1-3H3,(H,19,23)/t13-,16+/m0/s1. The summed E-state index contributed by atoms with van der Waals surface area (Å²) in [4.78, 5) is 25.3. The van der Waals surface area contributed by atoms with E-state index >= 15 is 0 Å². The van der Waals surface area contributed by atoms with Gasteiger partial charge in [0.2, 0.25) is 5.91 Å². The van der Waals surface area contributed by atoms with E-state index in [0.29, 0.717) is 23.9 Å². The number of hydrogen-bond acceptors (Lipinski definition) is 3. The molecule has 2 atom stereocenters. The molecule has 2 amide bonds. The van der Waals surface area contributed by atoms with Gasteiger partial charge in [-0.15, -0.1) is 0 Å². The van der Waals surface area contributed by atoms with E-state index in [0.717, 1.165) is 31.6 Å². The van der Waals surface area contributed by atoms with Crippen molar-refractivity contribution < 1.29 is 9.59 Å². The molecule has 1 aliphatic rings. The van der Waals surface area contributed by atoms with Gasteiger partial charge in [0.1, 0.15) is 0 Å². The van der Waals surface area contributed by atoms with Crippen molar-refractivity contribution in [3.05, 3.63) is 35.4 Å². The second-order valence-corrected chi connectivity index (χ2v) is 6.22. The van der Waals surface area contributed by atoms with Gasteiger partial charge < -0.3 is 15.5 Å². The monoisotopic (exact) mass is 317 g/mol. The molecule has 1 saturated heterocycles. The van der Waals surface area contributed by atoms with Crippen LogP contribution in [0, 0.1) is 5.92 Å². The van der Waals surface area contributed by atoms with Gasteiger partial charge in [-0.2, -0.15) is 0 Å². The fourth-order valence-corrected chi connectivity index (χ4v) is 3.07. The third-order valence-electron chi connectivity index (χ3n) is 4.57. The van der Waals surface area contributed by atoms with Crippen molar-refractivity contribution in [3.63, 3.8) is 0 Å². The van der Waals surface area contributed by atoms with E-state index in [9.17, 15) is 9.59 Å². The summed E-state index contributed by atoms with van der Waals surface area (Å²) in [6.07, 6.45) is 1.58. The van der Waals surface area contributed by atoms with E-state index in [1.807, 2.05) is 36.1 Å². The highest BCUT2D eigenvalue weighted by molar-refractivity contribution is 5.93. The molecule has 5 heteroatoms. The second kappa shape index (κ2) is 8.11. The number of carbonyl (C=O) groups is 2. The highest BCUT2D eigenvalue weighted by Gasteiger charge is 2.27. The predicted octanol–water partition coefficient (Wildman–Crippen LogP) is 1.78. The van der Waals surface area contributed by atoms with Gasteiger partial charge in [-0.25, -0.2) is 0 Å². The van der Waals surface area contributed by atoms with Crippen LogP contribution in [0.4, 0.5) is 0 Å². The number of amides is 2. The summed E-state index contributed by atoms with van der Waals surface area (Å²) in [7, 11) is 1.63. The highest BCUT2D eigenvalue weighted by Crippen LogP contribution is 2.18. The van der Waals surface area contributed by atoms with Crippen LogP contribution in [0.25, 0.3) is 0 Å². The summed E-state index contributed by atoms with van der Waals surface area (Å²) in [5.41, 5.74) is 1.84. The van der Waals surface area contributed by atoms with Crippen molar-refractivity contribution >= 4 is 11.8 Å². The van der Waals surface area contributed by atoms with Crippen LogP contribution in [-0.2, 0) is 11.3 Å². The zero-order valence-electron chi connectivity index (χ0n) is 14.3.